The van der Waals surface area contributed by atoms with Crippen LogP contribution in [0, 0.1) is 29.6 Å². The fraction of sp³-hybridized carbons (Fsp3) is 0.917. The minimum absolute atomic E-state index is 0.286. The van der Waals surface area contributed by atoms with E-state index in [0.29, 0.717) is 6.54 Å². The van der Waals surface area contributed by atoms with Gasteiger partial charge in [0.25, 0.3) is 0 Å². The van der Waals surface area contributed by atoms with Crippen molar-refractivity contribution in [3.63, 3.8) is 0 Å². The third kappa shape index (κ3) is 2.02. The van der Waals surface area contributed by atoms with E-state index in [9.17, 15) is 8.42 Å². The van der Waals surface area contributed by atoms with Crippen molar-refractivity contribution in [2.75, 3.05) is 12.8 Å². The highest BCUT2D eigenvalue weighted by Crippen LogP contribution is 2.59. The van der Waals surface area contributed by atoms with Gasteiger partial charge in [0.05, 0.1) is 6.26 Å². The topological polar surface area (TPSA) is 46.2 Å². The van der Waals surface area contributed by atoms with Crippen molar-refractivity contribution >= 4 is 10.0 Å². The van der Waals surface area contributed by atoms with E-state index in [4.69, 9.17) is 0 Å². The number of hydrogen-bond acceptors (Lipinski definition) is 2. The van der Waals surface area contributed by atoms with E-state index >= 15 is 0 Å². The second-order valence-corrected chi connectivity index (χ2v) is 8.09. The van der Waals surface area contributed by atoms with Gasteiger partial charge in [-0.25, -0.2) is 13.1 Å². The van der Waals surface area contributed by atoms with E-state index in [0.717, 1.165) is 17.8 Å². The molecule has 16 heavy (non-hydrogen) atoms. The van der Waals surface area contributed by atoms with Crippen molar-refractivity contribution in [2.45, 2.75) is 32.1 Å². The zero-order valence-corrected chi connectivity index (χ0v) is 10.6. The fourth-order valence-electron chi connectivity index (χ4n) is 4.44. The monoisotopic (exact) mass is 242 g/mol. The highest BCUT2D eigenvalue weighted by molar-refractivity contribution is 7.88. The molecule has 0 aliphatic heterocycles. The summed E-state index contributed by atoms with van der Waals surface area (Å²) in [7, 11) is -3.03. The molecule has 2 unspecified atom stereocenters. The van der Waals surface area contributed by atoms with Crippen molar-refractivity contribution in [3.05, 3.63) is 6.42 Å². The molecule has 4 saturated carbocycles. The molecule has 4 rings (SSSR count). The molecule has 0 saturated heterocycles. The Kier molecular flexibility index (Phi) is 2.38. The first-order chi connectivity index (χ1) is 7.44. The third-order valence-electron chi connectivity index (χ3n) is 4.64. The largest absolute Gasteiger partial charge is 0.215 e. The van der Waals surface area contributed by atoms with Crippen LogP contribution in [0.25, 0.3) is 0 Å². The van der Waals surface area contributed by atoms with Gasteiger partial charge in [0, 0.05) is 6.54 Å². The predicted molar refractivity (Wildman–Crippen MR) is 63.1 cm³/mol. The average molecular weight is 242 g/mol. The lowest BCUT2D eigenvalue weighted by atomic mass is 9.50. The van der Waals surface area contributed by atoms with Crippen LogP contribution in [0.5, 0.6) is 0 Å². The molecule has 4 fully saturated rings. The SMILES string of the molecule is CS(=O)(=O)NCC12CC3[CH]C(CC(C3)C1)C2. The Balaban J connectivity index is 1.74. The molecule has 0 aromatic carbocycles. The molecule has 91 valence electrons. The Morgan fingerprint density at radius 1 is 1.25 bits per heavy atom. The van der Waals surface area contributed by atoms with Gasteiger partial charge in [0.1, 0.15) is 0 Å². The Bertz CT molecular complexity index is 353. The van der Waals surface area contributed by atoms with Crippen molar-refractivity contribution in [3.8, 4) is 0 Å². The lowest BCUT2D eigenvalue weighted by molar-refractivity contribution is -0.0138. The molecule has 0 aromatic rings. The van der Waals surface area contributed by atoms with Gasteiger partial charge in [-0.2, -0.15) is 0 Å². The molecule has 3 nitrogen and oxygen atoms in total. The van der Waals surface area contributed by atoms with Gasteiger partial charge in [0.2, 0.25) is 10.0 Å². The molecule has 0 aromatic heterocycles. The molecule has 0 amide bonds. The summed E-state index contributed by atoms with van der Waals surface area (Å²) in [4.78, 5) is 0. The Morgan fingerprint density at radius 2 is 1.88 bits per heavy atom. The molecular formula is C12H20NO2S. The van der Waals surface area contributed by atoms with Crippen LogP contribution < -0.4 is 4.72 Å². The minimum Gasteiger partial charge on any atom is -0.215 e. The molecule has 0 heterocycles. The van der Waals surface area contributed by atoms with Gasteiger partial charge in [-0.1, -0.05) is 0 Å². The summed E-state index contributed by atoms with van der Waals surface area (Å²) in [5.74, 6) is 2.41. The van der Waals surface area contributed by atoms with Crippen LogP contribution in [0.4, 0.5) is 0 Å². The van der Waals surface area contributed by atoms with Gasteiger partial charge in [-0.3, -0.25) is 0 Å². The molecule has 4 heteroatoms. The van der Waals surface area contributed by atoms with Gasteiger partial charge < -0.3 is 0 Å². The average Bonchev–Trinajstić information content (AvgIpc) is 2.11. The van der Waals surface area contributed by atoms with Gasteiger partial charge in [-0.15, -0.1) is 0 Å². The maximum Gasteiger partial charge on any atom is 0.208 e. The van der Waals surface area contributed by atoms with Gasteiger partial charge >= 0.3 is 0 Å². The van der Waals surface area contributed by atoms with E-state index in [1.807, 2.05) is 0 Å². The molecule has 0 spiro atoms. The molecule has 4 aliphatic rings. The summed E-state index contributed by atoms with van der Waals surface area (Å²) in [6, 6.07) is 0. The van der Waals surface area contributed by atoms with E-state index in [-0.39, 0.29) is 5.41 Å². The van der Waals surface area contributed by atoms with E-state index < -0.39 is 10.0 Å². The van der Waals surface area contributed by atoms with Gasteiger partial charge in [0.15, 0.2) is 0 Å². The summed E-state index contributed by atoms with van der Waals surface area (Å²) >= 11 is 0. The van der Waals surface area contributed by atoms with Gasteiger partial charge in [-0.05, 0) is 61.7 Å². The van der Waals surface area contributed by atoms with Crippen molar-refractivity contribution in [1.29, 1.82) is 0 Å². The second-order valence-electron chi connectivity index (χ2n) is 6.26. The number of nitrogens with one attached hydrogen (secondary N) is 1. The van der Waals surface area contributed by atoms with Crippen molar-refractivity contribution in [2.24, 2.45) is 23.2 Å². The normalized spacial score (nSPS) is 46.2. The van der Waals surface area contributed by atoms with Crippen LogP contribution in [0.15, 0.2) is 0 Å². The van der Waals surface area contributed by atoms with Crippen LogP contribution in [0.2, 0.25) is 0 Å². The smallest absolute Gasteiger partial charge is 0.208 e. The van der Waals surface area contributed by atoms with E-state index in [1.54, 1.807) is 0 Å². The van der Waals surface area contributed by atoms with Crippen molar-refractivity contribution in [1.82, 2.24) is 4.72 Å². The van der Waals surface area contributed by atoms with Crippen LogP contribution in [-0.4, -0.2) is 21.2 Å². The first kappa shape index (κ1) is 11.0. The maximum absolute atomic E-state index is 11.2. The number of sulfonamides is 1. The van der Waals surface area contributed by atoms with Crippen LogP contribution in [0.3, 0.4) is 0 Å². The number of hydrogen-bond donors (Lipinski definition) is 1. The highest BCUT2D eigenvalue weighted by atomic mass is 32.2. The number of rotatable bonds is 3. The zero-order valence-electron chi connectivity index (χ0n) is 9.78. The lowest BCUT2D eigenvalue weighted by Gasteiger charge is -2.56. The third-order valence-corrected chi connectivity index (χ3v) is 5.31. The molecular weight excluding hydrogens is 222 g/mol. The molecule has 4 aliphatic carbocycles. The first-order valence-electron chi connectivity index (χ1n) is 6.24. The van der Waals surface area contributed by atoms with E-state index in [1.165, 1.54) is 38.4 Å². The Morgan fingerprint density at radius 3 is 2.38 bits per heavy atom. The van der Waals surface area contributed by atoms with Crippen LogP contribution in [-0.2, 0) is 10.0 Å². The Labute approximate surface area is 98.0 Å². The molecule has 2 atom stereocenters. The maximum atomic E-state index is 11.2. The first-order valence-corrected chi connectivity index (χ1v) is 8.13. The van der Waals surface area contributed by atoms with Crippen LogP contribution >= 0.6 is 0 Å². The zero-order chi connectivity index (χ0) is 11.4. The van der Waals surface area contributed by atoms with E-state index in [2.05, 4.69) is 11.1 Å². The highest BCUT2D eigenvalue weighted by Gasteiger charge is 2.50. The summed E-state index contributed by atoms with van der Waals surface area (Å²) in [5, 5.41) is 0. The predicted octanol–water partition coefficient (Wildman–Crippen LogP) is 1.57. The lowest BCUT2D eigenvalue weighted by Crippen LogP contribution is -2.51. The Hall–Kier alpha value is -0.0900. The summed E-state index contributed by atoms with van der Waals surface area (Å²) in [6.07, 6.45) is 10.2. The quantitative estimate of drug-likeness (QED) is 0.816. The summed E-state index contributed by atoms with van der Waals surface area (Å²) in [6.45, 7) is 0.670. The standard InChI is InChI=1S/C12H20NO2S/c1-16(14,15)13-8-12-5-9-2-10(6-12)4-11(3-9)7-12/h2,9-11,13H,3-8H2,1H3. The second kappa shape index (κ2) is 3.45. The molecule has 1 N–H and O–H groups in total. The molecule has 4 bridgehead atoms. The summed E-state index contributed by atoms with van der Waals surface area (Å²) in [5.41, 5.74) is 0.286. The fourth-order valence-corrected chi connectivity index (χ4v) is 5.01. The minimum atomic E-state index is -3.03. The summed E-state index contributed by atoms with van der Waals surface area (Å²) < 4.78 is 25.1. The van der Waals surface area contributed by atoms with Crippen molar-refractivity contribution < 1.29 is 8.42 Å². The van der Waals surface area contributed by atoms with Crippen LogP contribution in [0.1, 0.15) is 32.1 Å². The molecule has 1 radical (unpaired) electrons.